The molecule has 0 aliphatic carbocycles. The number of aromatic carboxylic acids is 1. The number of carboxylic acids is 1. The van der Waals surface area contributed by atoms with Crippen LogP contribution in [0, 0.1) is 6.92 Å². The van der Waals surface area contributed by atoms with Crippen molar-refractivity contribution in [1.82, 2.24) is 10.2 Å². The van der Waals surface area contributed by atoms with Crippen LogP contribution in [-0.4, -0.2) is 28.6 Å². The van der Waals surface area contributed by atoms with E-state index >= 15 is 0 Å². The number of carbonyl (C=O) groups is 2. The number of rotatable bonds is 4. The van der Waals surface area contributed by atoms with E-state index in [0.717, 1.165) is 24.9 Å². The van der Waals surface area contributed by atoms with E-state index in [2.05, 4.69) is 24.4 Å². The molecule has 0 radical (unpaired) electrons. The summed E-state index contributed by atoms with van der Waals surface area (Å²) in [5, 5.41) is 11.9. The van der Waals surface area contributed by atoms with Crippen LogP contribution in [0.1, 0.15) is 45.9 Å². The average molecular weight is 338 g/mol. The molecule has 1 saturated heterocycles. The third-order valence-corrected chi connectivity index (χ3v) is 4.71. The van der Waals surface area contributed by atoms with Crippen LogP contribution in [-0.2, 0) is 6.54 Å². The summed E-state index contributed by atoms with van der Waals surface area (Å²) in [6, 6.07) is 14.8. The maximum atomic E-state index is 12.6. The summed E-state index contributed by atoms with van der Waals surface area (Å²) in [6.45, 7) is 3.21. The van der Waals surface area contributed by atoms with Crippen LogP contribution in [0.4, 0.5) is 4.79 Å². The SMILES string of the molecule is Cc1ccccc1C1CCCN1C(=O)NCc1ccc(C(=O)O)cc1. The zero-order valence-electron chi connectivity index (χ0n) is 14.2. The summed E-state index contributed by atoms with van der Waals surface area (Å²) >= 11 is 0. The molecule has 130 valence electrons. The summed E-state index contributed by atoms with van der Waals surface area (Å²) < 4.78 is 0. The minimum absolute atomic E-state index is 0.0759. The number of likely N-dealkylation sites (tertiary alicyclic amines) is 1. The van der Waals surface area contributed by atoms with Gasteiger partial charge in [0.1, 0.15) is 0 Å². The molecule has 5 heteroatoms. The molecule has 0 spiro atoms. The Morgan fingerprint density at radius 1 is 1.16 bits per heavy atom. The van der Waals surface area contributed by atoms with Crippen molar-refractivity contribution in [2.24, 2.45) is 0 Å². The smallest absolute Gasteiger partial charge is 0.335 e. The Balaban J connectivity index is 1.64. The molecule has 0 bridgehead atoms. The van der Waals surface area contributed by atoms with Crippen molar-refractivity contribution in [3.05, 3.63) is 70.8 Å². The van der Waals surface area contributed by atoms with E-state index in [9.17, 15) is 9.59 Å². The summed E-state index contributed by atoms with van der Waals surface area (Å²) in [7, 11) is 0. The van der Waals surface area contributed by atoms with E-state index in [1.54, 1.807) is 24.3 Å². The van der Waals surface area contributed by atoms with E-state index in [-0.39, 0.29) is 17.6 Å². The second-order valence-corrected chi connectivity index (χ2v) is 6.37. The fraction of sp³-hybridized carbons (Fsp3) is 0.300. The Morgan fingerprint density at radius 2 is 1.88 bits per heavy atom. The topological polar surface area (TPSA) is 69.6 Å². The van der Waals surface area contributed by atoms with Gasteiger partial charge >= 0.3 is 12.0 Å². The number of nitrogens with one attached hydrogen (secondary N) is 1. The van der Waals surface area contributed by atoms with Crippen LogP contribution in [0.2, 0.25) is 0 Å². The number of amides is 2. The molecule has 1 atom stereocenters. The lowest BCUT2D eigenvalue weighted by molar-refractivity contribution is 0.0697. The fourth-order valence-electron chi connectivity index (χ4n) is 3.34. The minimum Gasteiger partial charge on any atom is -0.478 e. The quantitative estimate of drug-likeness (QED) is 0.892. The number of hydrogen-bond donors (Lipinski definition) is 2. The number of urea groups is 1. The number of hydrogen-bond acceptors (Lipinski definition) is 2. The monoisotopic (exact) mass is 338 g/mol. The van der Waals surface area contributed by atoms with Crippen molar-refractivity contribution < 1.29 is 14.7 Å². The van der Waals surface area contributed by atoms with Gasteiger partial charge in [0.2, 0.25) is 0 Å². The first-order valence-corrected chi connectivity index (χ1v) is 8.48. The molecule has 5 nitrogen and oxygen atoms in total. The van der Waals surface area contributed by atoms with Gasteiger partial charge in [-0.3, -0.25) is 0 Å². The highest BCUT2D eigenvalue weighted by atomic mass is 16.4. The van der Waals surface area contributed by atoms with Crippen molar-refractivity contribution in [3.8, 4) is 0 Å². The van der Waals surface area contributed by atoms with Crippen LogP contribution >= 0.6 is 0 Å². The number of carbonyl (C=O) groups excluding carboxylic acids is 1. The number of benzene rings is 2. The molecular weight excluding hydrogens is 316 g/mol. The molecule has 2 amide bonds. The molecule has 1 fully saturated rings. The average Bonchev–Trinajstić information content (AvgIpc) is 3.10. The Morgan fingerprint density at radius 3 is 2.56 bits per heavy atom. The van der Waals surface area contributed by atoms with Gasteiger partial charge < -0.3 is 15.3 Å². The van der Waals surface area contributed by atoms with E-state index in [0.29, 0.717) is 6.54 Å². The van der Waals surface area contributed by atoms with Gasteiger partial charge in [-0.1, -0.05) is 36.4 Å². The van der Waals surface area contributed by atoms with Gasteiger partial charge in [-0.2, -0.15) is 0 Å². The maximum Gasteiger partial charge on any atom is 0.335 e. The van der Waals surface area contributed by atoms with Gasteiger partial charge in [0.25, 0.3) is 0 Å². The normalized spacial score (nSPS) is 16.7. The molecule has 0 saturated carbocycles. The van der Waals surface area contributed by atoms with Gasteiger partial charge in [-0.15, -0.1) is 0 Å². The van der Waals surface area contributed by atoms with Crippen LogP contribution < -0.4 is 5.32 Å². The van der Waals surface area contributed by atoms with Crippen molar-refractivity contribution in [1.29, 1.82) is 0 Å². The highest BCUT2D eigenvalue weighted by Crippen LogP contribution is 2.33. The fourth-order valence-corrected chi connectivity index (χ4v) is 3.34. The predicted molar refractivity (Wildman–Crippen MR) is 95.5 cm³/mol. The largest absolute Gasteiger partial charge is 0.478 e. The van der Waals surface area contributed by atoms with Gasteiger partial charge in [-0.25, -0.2) is 9.59 Å². The van der Waals surface area contributed by atoms with Crippen LogP contribution in [0.3, 0.4) is 0 Å². The first kappa shape index (κ1) is 17.0. The van der Waals surface area contributed by atoms with Crippen molar-refractivity contribution in [3.63, 3.8) is 0 Å². The molecule has 25 heavy (non-hydrogen) atoms. The number of aryl methyl sites for hydroxylation is 1. The molecule has 3 rings (SSSR count). The van der Waals surface area contributed by atoms with E-state index in [1.165, 1.54) is 11.1 Å². The van der Waals surface area contributed by atoms with Crippen molar-refractivity contribution in [2.75, 3.05) is 6.54 Å². The second kappa shape index (κ2) is 7.38. The Hall–Kier alpha value is -2.82. The van der Waals surface area contributed by atoms with Gasteiger partial charge in [0, 0.05) is 13.1 Å². The second-order valence-electron chi connectivity index (χ2n) is 6.37. The first-order chi connectivity index (χ1) is 12.1. The summed E-state index contributed by atoms with van der Waals surface area (Å²) in [4.78, 5) is 25.4. The lowest BCUT2D eigenvalue weighted by Gasteiger charge is -2.26. The van der Waals surface area contributed by atoms with Crippen LogP contribution in [0.25, 0.3) is 0 Å². The van der Waals surface area contributed by atoms with E-state index in [1.807, 2.05) is 17.0 Å². The summed E-state index contributed by atoms with van der Waals surface area (Å²) in [5.74, 6) is -0.950. The lowest BCUT2D eigenvalue weighted by Crippen LogP contribution is -2.39. The van der Waals surface area contributed by atoms with Crippen LogP contribution in [0.5, 0.6) is 0 Å². The lowest BCUT2D eigenvalue weighted by atomic mass is 9.99. The number of nitrogens with zero attached hydrogens (tertiary/aromatic N) is 1. The minimum atomic E-state index is -0.950. The van der Waals surface area contributed by atoms with Gasteiger partial charge in [0.15, 0.2) is 0 Å². The third kappa shape index (κ3) is 3.82. The molecule has 2 aromatic rings. The third-order valence-electron chi connectivity index (χ3n) is 4.71. The molecule has 0 aromatic heterocycles. The Labute approximate surface area is 147 Å². The summed E-state index contributed by atoms with van der Waals surface area (Å²) in [6.07, 6.45) is 1.98. The highest BCUT2D eigenvalue weighted by molar-refractivity contribution is 5.87. The maximum absolute atomic E-state index is 12.6. The Bertz CT molecular complexity index is 771. The molecule has 1 aliphatic rings. The molecule has 1 aliphatic heterocycles. The van der Waals surface area contributed by atoms with Gasteiger partial charge in [0.05, 0.1) is 11.6 Å². The zero-order chi connectivity index (χ0) is 17.8. The van der Waals surface area contributed by atoms with Crippen LogP contribution in [0.15, 0.2) is 48.5 Å². The highest BCUT2D eigenvalue weighted by Gasteiger charge is 2.30. The molecule has 2 aromatic carbocycles. The Kier molecular flexibility index (Phi) is 5.03. The van der Waals surface area contributed by atoms with Gasteiger partial charge in [-0.05, 0) is 48.6 Å². The zero-order valence-corrected chi connectivity index (χ0v) is 14.2. The molecular formula is C20H22N2O3. The van der Waals surface area contributed by atoms with Crippen molar-refractivity contribution >= 4 is 12.0 Å². The van der Waals surface area contributed by atoms with E-state index in [4.69, 9.17) is 5.11 Å². The first-order valence-electron chi connectivity index (χ1n) is 8.48. The van der Waals surface area contributed by atoms with Crippen molar-refractivity contribution in [2.45, 2.75) is 32.4 Å². The number of carboxylic acid groups (broad SMARTS) is 1. The molecule has 1 unspecified atom stereocenters. The molecule has 1 heterocycles. The molecule has 2 N–H and O–H groups in total. The summed E-state index contributed by atoms with van der Waals surface area (Å²) in [5.41, 5.74) is 3.54. The standard InChI is InChI=1S/C20H22N2O3/c1-14-5-2-3-6-17(14)18-7-4-12-22(18)20(25)21-13-15-8-10-16(11-9-15)19(23)24/h2-3,5-6,8-11,18H,4,7,12-13H2,1H3,(H,21,25)(H,23,24). The van der Waals surface area contributed by atoms with E-state index < -0.39 is 5.97 Å². The predicted octanol–water partition coefficient (Wildman–Crippen LogP) is 3.74.